The normalized spacial score (nSPS) is 12.1. The van der Waals surface area contributed by atoms with Crippen LogP contribution in [0.25, 0.3) is 0 Å². The van der Waals surface area contributed by atoms with Gasteiger partial charge in [0, 0.05) is 0 Å². The predicted molar refractivity (Wildman–Crippen MR) is 102 cm³/mol. The quantitative estimate of drug-likeness (QED) is 0.349. The summed E-state index contributed by atoms with van der Waals surface area (Å²) in [6, 6.07) is 9.66. The maximum atomic E-state index is 11.7. The first kappa shape index (κ1) is 21.7. The molecule has 2 N–H and O–H groups in total. The first-order chi connectivity index (χ1) is 12.2. The van der Waals surface area contributed by atoms with Crippen LogP contribution in [-0.2, 0) is 16.2 Å². The molecule has 1 amide bonds. The van der Waals surface area contributed by atoms with E-state index in [0.29, 0.717) is 13.0 Å². The van der Waals surface area contributed by atoms with Gasteiger partial charge in [-0.05, 0) is 12.0 Å². The molecule has 0 aliphatic rings. The van der Waals surface area contributed by atoms with E-state index in [1.165, 1.54) is 44.9 Å². The van der Waals surface area contributed by atoms with Gasteiger partial charge in [0.2, 0.25) is 5.91 Å². The molecule has 1 aromatic carbocycles. The topological polar surface area (TPSA) is 58.6 Å². The average Bonchev–Trinajstić information content (AvgIpc) is 2.61. The molecule has 25 heavy (non-hydrogen) atoms. The molecule has 0 spiro atoms. The monoisotopic (exact) mass is 349 g/mol. The van der Waals surface area contributed by atoms with E-state index in [2.05, 4.69) is 12.4 Å². The summed E-state index contributed by atoms with van der Waals surface area (Å²) in [6.45, 7) is 2.57. The Hall–Kier alpha value is -1.39. The third-order valence-corrected chi connectivity index (χ3v) is 4.33. The van der Waals surface area contributed by atoms with E-state index in [4.69, 9.17) is 4.84 Å². The van der Waals surface area contributed by atoms with E-state index in [-0.39, 0.29) is 12.3 Å². The number of benzene rings is 1. The lowest BCUT2D eigenvalue weighted by atomic mass is 10.0. The fourth-order valence-corrected chi connectivity index (χ4v) is 2.82. The van der Waals surface area contributed by atoms with Crippen molar-refractivity contribution in [2.24, 2.45) is 0 Å². The van der Waals surface area contributed by atoms with Crippen molar-refractivity contribution in [3.63, 3.8) is 0 Å². The van der Waals surface area contributed by atoms with Gasteiger partial charge >= 0.3 is 0 Å². The average molecular weight is 350 g/mol. The van der Waals surface area contributed by atoms with Gasteiger partial charge in [-0.1, -0.05) is 95.0 Å². The number of hydrogen-bond donors (Lipinski definition) is 2. The molecule has 0 saturated carbocycles. The Labute approximate surface area is 152 Å². The lowest BCUT2D eigenvalue weighted by Gasteiger charge is -2.11. The molecule has 1 atom stereocenters. The molecule has 4 nitrogen and oxygen atoms in total. The highest BCUT2D eigenvalue weighted by Crippen LogP contribution is 2.12. The van der Waals surface area contributed by atoms with Crippen LogP contribution >= 0.6 is 0 Å². The van der Waals surface area contributed by atoms with Crippen LogP contribution in [0.1, 0.15) is 83.1 Å². The van der Waals surface area contributed by atoms with Crippen molar-refractivity contribution in [2.45, 2.75) is 90.3 Å². The Bertz CT molecular complexity index is 436. The van der Waals surface area contributed by atoms with Gasteiger partial charge in [-0.2, -0.15) is 0 Å². The summed E-state index contributed by atoms with van der Waals surface area (Å²) in [6.07, 6.45) is 11.5. The van der Waals surface area contributed by atoms with Crippen molar-refractivity contribution >= 4 is 5.91 Å². The Morgan fingerprint density at radius 1 is 1.00 bits per heavy atom. The predicted octanol–water partition coefficient (Wildman–Crippen LogP) is 4.91. The zero-order valence-corrected chi connectivity index (χ0v) is 15.7. The molecular weight excluding hydrogens is 314 g/mol. The van der Waals surface area contributed by atoms with Gasteiger partial charge in [0.1, 0.15) is 0 Å². The summed E-state index contributed by atoms with van der Waals surface area (Å²) in [4.78, 5) is 16.9. The molecule has 0 aliphatic heterocycles. The molecule has 142 valence electrons. The van der Waals surface area contributed by atoms with Crippen molar-refractivity contribution in [3.8, 4) is 0 Å². The number of hydroxylamine groups is 1. The SMILES string of the molecule is CCCCCCCCCCCC(O)CC(=O)NOCc1ccccc1. The number of nitrogens with one attached hydrogen (secondary N) is 1. The second-order valence-electron chi connectivity index (χ2n) is 6.77. The summed E-state index contributed by atoms with van der Waals surface area (Å²) < 4.78 is 0. The number of rotatable bonds is 15. The fraction of sp³-hybridized carbons (Fsp3) is 0.667. The molecular formula is C21H35NO3. The van der Waals surface area contributed by atoms with Crippen LogP contribution in [-0.4, -0.2) is 17.1 Å². The minimum atomic E-state index is -0.579. The Morgan fingerprint density at radius 2 is 1.60 bits per heavy atom. The summed E-state index contributed by atoms with van der Waals surface area (Å²) >= 11 is 0. The second-order valence-corrected chi connectivity index (χ2v) is 6.77. The van der Waals surface area contributed by atoms with Crippen LogP contribution < -0.4 is 5.48 Å². The third kappa shape index (κ3) is 12.6. The number of unbranched alkanes of at least 4 members (excludes halogenated alkanes) is 8. The van der Waals surface area contributed by atoms with E-state index < -0.39 is 6.10 Å². The Morgan fingerprint density at radius 3 is 2.24 bits per heavy atom. The number of aliphatic hydroxyl groups is 1. The van der Waals surface area contributed by atoms with E-state index >= 15 is 0 Å². The molecule has 0 saturated heterocycles. The summed E-state index contributed by atoms with van der Waals surface area (Å²) in [7, 11) is 0. The van der Waals surface area contributed by atoms with Crippen molar-refractivity contribution in [1.82, 2.24) is 5.48 Å². The first-order valence-electron chi connectivity index (χ1n) is 9.85. The van der Waals surface area contributed by atoms with E-state index in [9.17, 15) is 9.90 Å². The van der Waals surface area contributed by atoms with Crippen LogP contribution in [0.5, 0.6) is 0 Å². The molecule has 0 aliphatic carbocycles. The molecule has 0 radical (unpaired) electrons. The van der Waals surface area contributed by atoms with Crippen LogP contribution in [0.4, 0.5) is 0 Å². The van der Waals surface area contributed by atoms with Crippen molar-refractivity contribution in [1.29, 1.82) is 0 Å². The third-order valence-electron chi connectivity index (χ3n) is 4.33. The van der Waals surface area contributed by atoms with Gasteiger partial charge in [0.25, 0.3) is 0 Å². The van der Waals surface area contributed by atoms with Gasteiger partial charge in [-0.15, -0.1) is 0 Å². The van der Waals surface area contributed by atoms with E-state index in [0.717, 1.165) is 18.4 Å². The summed E-state index contributed by atoms with van der Waals surface area (Å²) in [5.41, 5.74) is 3.40. The number of carbonyl (C=O) groups excluding carboxylic acids is 1. The summed E-state index contributed by atoms with van der Waals surface area (Å²) in [5, 5.41) is 9.92. The largest absolute Gasteiger partial charge is 0.393 e. The molecule has 0 heterocycles. The van der Waals surface area contributed by atoms with E-state index in [1.54, 1.807) is 0 Å². The molecule has 1 unspecified atom stereocenters. The lowest BCUT2D eigenvalue weighted by molar-refractivity contribution is -0.136. The Kier molecular flexibility index (Phi) is 12.9. The number of hydrogen-bond acceptors (Lipinski definition) is 3. The van der Waals surface area contributed by atoms with Gasteiger partial charge in [-0.25, -0.2) is 5.48 Å². The molecule has 0 aromatic heterocycles. The molecule has 0 bridgehead atoms. The van der Waals surface area contributed by atoms with Crippen molar-refractivity contribution in [2.75, 3.05) is 0 Å². The smallest absolute Gasteiger partial charge is 0.246 e. The van der Waals surface area contributed by atoms with Gasteiger partial charge in [0.15, 0.2) is 0 Å². The van der Waals surface area contributed by atoms with Crippen LogP contribution in [0.3, 0.4) is 0 Å². The minimum absolute atomic E-state index is 0.103. The summed E-state index contributed by atoms with van der Waals surface area (Å²) in [5.74, 6) is -0.264. The van der Waals surface area contributed by atoms with Crippen LogP contribution in [0.2, 0.25) is 0 Å². The molecule has 4 heteroatoms. The maximum Gasteiger partial charge on any atom is 0.246 e. The maximum absolute atomic E-state index is 11.7. The highest BCUT2D eigenvalue weighted by molar-refractivity contribution is 5.75. The zero-order chi connectivity index (χ0) is 18.2. The minimum Gasteiger partial charge on any atom is -0.393 e. The highest BCUT2D eigenvalue weighted by Gasteiger charge is 2.10. The van der Waals surface area contributed by atoms with Crippen molar-refractivity contribution < 1.29 is 14.7 Å². The molecule has 0 fully saturated rings. The Balaban J connectivity index is 1.93. The zero-order valence-electron chi connectivity index (χ0n) is 15.7. The number of aliphatic hydroxyl groups excluding tert-OH is 1. The fourth-order valence-electron chi connectivity index (χ4n) is 2.82. The van der Waals surface area contributed by atoms with Crippen molar-refractivity contribution in [3.05, 3.63) is 35.9 Å². The molecule has 1 rings (SSSR count). The van der Waals surface area contributed by atoms with Crippen LogP contribution in [0.15, 0.2) is 30.3 Å². The number of amides is 1. The standard InChI is InChI=1S/C21H35NO3/c1-2-3-4-5-6-7-8-9-13-16-20(23)17-21(24)22-25-18-19-14-11-10-12-15-19/h10-12,14-15,20,23H,2-9,13,16-18H2,1H3,(H,22,24). The van der Waals surface area contributed by atoms with Crippen LogP contribution in [0, 0.1) is 0 Å². The highest BCUT2D eigenvalue weighted by atomic mass is 16.6. The van der Waals surface area contributed by atoms with Gasteiger partial charge in [-0.3, -0.25) is 9.63 Å². The number of carbonyl (C=O) groups is 1. The lowest BCUT2D eigenvalue weighted by Crippen LogP contribution is -2.27. The van der Waals surface area contributed by atoms with Gasteiger partial charge in [0.05, 0.1) is 19.1 Å². The molecule has 1 aromatic rings. The van der Waals surface area contributed by atoms with Gasteiger partial charge < -0.3 is 5.11 Å². The second kappa shape index (κ2) is 14.9. The first-order valence-corrected chi connectivity index (χ1v) is 9.85. The van der Waals surface area contributed by atoms with E-state index in [1.807, 2.05) is 30.3 Å².